The van der Waals surface area contributed by atoms with E-state index >= 15 is 0 Å². The summed E-state index contributed by atoms with van der Waals surface area (Å²) in [5, 5.41) is 0.446. The van der Waals surface area contributed by atoms with Crippen LogP contribution in [0.15, 0.2) is 44.9 Å². The van der Waals surface area contributed by atoms with Crippen molar-refractivity contribution in [3.8, 4) is 0 Å². The summed E-state index contributed by atoms with van der Waals surface area (Å²) in [4.78, 5) is 30.1. The fourth-order valence-corrected chi connectivity index (χ4v) is 4.09. The minimum absolute atomic E-state index is 0.283. The fourth-order valence-electron chi connectivity index (χ4n) is 2.94. The fraction of sp³-hybridized carbons (Fsp3) is 0.316. The monoisotopic (exact) mass is 373 g/mol. The Labute approximate surface area is 154 Å². The van der Waals surface area contributed by atoms with Gasteiger partial charge >= 0.3 is 5.69 Å². The smallest absolute Gasteiger partial charge is 0.280 e. The molecular formula is C19H20FN3O2S. The second-order valence-corrected chi connectivity index (χ2v) is 7.17. The number of benzene rings is 1. The van der Waals surface area contributed by atoms with Crippen LogP contribution in [0.1, 0.15) is 24.5 Å². The van der Waals surface area contributed by atoms with E-state index in [1.807, 2.05) is 6.07 Å². The SMILES string of the molecule is CCCc1cnc2c(c1SCc1cccc(F)c1)c(=O)n(C)c(=O)n2C. The number of nitrogens with zero attached hydrogens (tertiary/aromatic N) is 3. The topological polar surface area (TPSA) is 56.9 Å². The van der Waals surface area contributed by atoms with E-state index in [4.69, 9.17) is 0 Å². The van der Waals surface area contributed by atoms with Crippen molar-refractivity contribution in [2.24, 2.45) is 14.1 Å². The Bertz CT molecular complexity index is 1090. The highest BCUT2D eigenvalue weighted by Gasteiger charge is 2.17. The van der Waals surface area contributed by atoms with Crippen molar-refractivity contribution >= 4 is 22.8 Å². The van der Waals surface area contributed by atoms with Gasteiger partial charge in [-0.2, -0.15) is 0 Å². The summed E-state index contributed by atoms with van der Waals surface area (Å²) in [6, 6.07) is 6.42. The Balaban J connectivity index is 2.18. The van der Waals surface area contributed by atoms with E-state index in [-0.39, 0.29) is 11.4 Å². The largest absolute Gasteiger partial charge is 0.332 e. The summed E-state index contributed by atoms with van der Waals surface area (Å²) in [6.45, 7) is 2.06. The second-order valence-electron chi connectivity index (χ2n) is 6.19. The lowest BCUT2D eigenvalue weighted by Crippen LogP contribution is -2.37. The molecule has 26 heavy (non-hydrogen) atoms. The van der Waals surface area contributed by atoms with E-state index in [1.54, 1.807) is 19.3 Å². The third-order valence-electron chi connectivity index (χ3n) is 4.29. The molecular weight excluding hydrogens is 353 g/mol. The molecule has 136 valence electrons. The minimum Gasteiger partial charge on any atom is -0.280 e. The number of pyridine rings is 1. The molecule has 0 aliphatic carbocycles. The standard InChI is InChI=1S/C19H20FN3O2S/c1-4-6-13-10-21-17-15(18(24)23(3)19(25)22(17)2)16(13)26-11-12-7-5-8-14(20)9-12/h5,7-10H,4,6,11H2,1-3H3. The van der Waals surface area contributed by atoms with Gasteiger partial charge in [0.1, 0.15) is 11.5 Å². The Morgan fingerprint density at radius 3 is 2.65 bits per heavy atom. The molecule has 0 aliphatic rings. The van der Waals surface area contributed by atoms with Gasteiger partial charge in [-0.15, -0.1) is 11.8 Å². The first kappa shape index (κ1) is 18.4. The molecule has 5 nitrogen and oxygen atoms in total. The van der Waals surface area contributed by atoms with E-state index in [0.717, 1.165) is 33.4 Å². The molecule has 3 rings (SSSR count). The van der Waals surface area contributed by atoms with Crippen molar-refractivity contribution in [1.29, 1.82) is 0 Å². The van der Waals surface area contributed by atoms with Crippen LogP contribution in [0.5, 0.6) is 0 Å². The number of hydrogen-bond donors (Lipinski definition) is 0. The predicted molar refractivity (Wildman–Crippen MR) is 102 cm³/mol. The van der Waals surface area contributed by atoms with Crippen LogP contribution in [0, 0.1) is 5.82 Å². The number of fused-ring (bicyclic) bond motifs is 1. The first-order chi connectivity index (χ1) is 12.4. The quantitative estimate of drug-likeness (QED) is 0.645. The van der Waals surface area contributed by atoms with Crippen molar-refractivity contribution in [2.45, 2.75) is 30.4 Å². The maximum absolute atomic E-state index is 13.4. The average Bonchev–Trinajstić information content (AvgIpc) is 2.63. The summed E-state index contributed by atoms with van der Waals surface area (Å²) >= 11 is 1.48. The van der Waals surface area contributed by atoms with E-state index in [0.29, 0.717) is 16.8 Å². The van der Waals surface area contributed by atoms with E-state index in [9.17, 15) is 14.0 Å². The molecule has 0 unspecified atom stereocenters. The van der Waals surface area contributed by atoms with Crippen LogP contribution in [-0.2, 0) is 26.3 Å². The van der Waals surface area contributed by atoms with E-state index in [1.165, 1.54) is 35.5 Å². The predicted octanol–water partition coefficient (Wildman–Crippen LogP) is 3.02. The zero-order valence-corrected chi connectivity index (χ0v) is 15.8. The molecule has 0 aliphatic heterocycles. The molecule has 1 aromatic carbocycles. The van der Waals surface area contributed by atoms with E-state index < -0.39 is 5.69 Å². The molecule has 0 radical (unpaired) electrons. The Morgan fingerprint density at radius 1 is 1.19 bits per heavy atom. The van der Waals surface area contributed by atoms with Gasteiger partial charge in [-0.05, 0) is 29.7 Å². The van der Waals surface area contributed by atoms with Crippen molar-refractivity contribution in [1.82, 2.24) is 14.1 Å². The van der Waals surface area contributed by atoms with Crippen LogP contribution in [0.3, 0.4) is 0 Å². The molecule has 2 aromatic heterocycles. The summed E-state index contributed by atoms with van der Waals surface area (Å²) in [7, 11) is 3.08. The van der Waals surface area contributed by atoms with Crippen molar-refractivity contribution in [3.05, 3.63) is 68.2 Å². The molecule has 0 bridgehead atoms. The van der Waals surface area contributed by atoms with Gasteiger partial charge in [0.15, 0.2) is 0 Å². The lowest BCUT2D eigenvalue weighted by Gasteiger charge is -2.14. The van der Waals surface area contributed by atoms with Gasteiger partial charge in [0.25, 0.3) is 5.56 Å². The van der Waals surface area contributed by atoms with Crippen molar-refractivity contribution in [3.63, 3.8) is 0 Å². The zero-order chi connectivity index (χ0) is 18.8. The highest BCUT2D eigenvalue weighted by molar-refractivity contribution is 7.98. The zero-order valence-electron chi connectivity index (χ0n) is 15.0. The molecule has 0 N–H and O–H groups in total. The number of hydrogen-bond acceptors (Lipinski definition) is 4. The molecule has 2 heterocycles. The van der Waals surface area contributed by atoms with Gasteiger partial charge in [-0.25, -0.2) is 14.2 Å². The number of rotatable bonds is 5. The van der Waals surface area contributed by atoms with Crippen LogP contribution in [0.2, 0.25) is 0 Å². The lowest BCUT2D eigenvalue weighted by atomic mass is 10.1. The third-order valence-corrected chi connectivity index (χ3v) is 5.52. The first-order valence-corrected chi connectivity index (χ1v) is 9.37. The lowest BCUT2D eigenvalue weighted by molar-refractivity contribution is 0.626. The van der Waals surface area contributed by atoms with Gasteiger partial charge in [-0.1, -0.05) is 25.5 Å². The summed E-state index contributed by atoms with van der Waals surface area (Å²) in [5.74, 6) is 0.245. The number of aryl methyl sites for hydroxylation is 2. The summed E-state index contributed by atoms with van der Waals surface area (Å²) in [6.07, 6.45) is 3.42. The van der Waals surface area contributed by atoms with Crippen LogP contribution >= 0.6 is 11.8 Å². The minimum atomic E-state index is -0.403. The average molecular weight is 373 g/mol. The van der Waals surface area contributed by atoms with Crippen LogP contribution in [-0.4, -0.2) is 14.1 Å². The maximum atomic E-state index is 13.4. The Kier molecular flexibility index (Phi) is 5.27. The van der Waals surface area contributed by atoms with Gasteiger partial charge in [-0.3, -0.25) is 13.9 Å². The third kappa shape index (κ3) is 3.31. The molecule has 0 saturated carbocycles. The second kappa shape index (κ2) is 7.45. The molecule has 0 fully saturated rings. The highest BCUT2D eigenvalue weighted by Crippen LogP contribution is 2.31. The summed E-state index contributed by atoms with van der Waals surface area (Å²) < 4.78 is 15.9. The normalized spacial score (nSPS) is 11.2. The Hall–Kier alpha value is -2.41. The maximum Gasteiger partial charge on any atom is 0.332 e. The van der Waals surface area contributed by atoms with Gasteiger partial charge in [0.2, 0.25) is 0 Å². The summed E-state index contributed by atoms with van der Waals surface area (Å²) in [5.41, 5.74) is 1.43. The van der Waals surface area contributed by atoms with Crippen LogP contribution in [0.25, 0.3) is 11.0 Å². The molecule has 0 saturated heterocycles. The van der Waals surface area contributed by atoms with Gasteiger partial charge < -0.3 is 0 Å². The van der Waals surface area contributed by atoms with Crippen LogP contribution < -0.4 is 11.2 Å². The molecule has 0 spiro atoms. The Morgan fingerprint density at radius 2 is 1.96 bits per heavy atom. The molecule has 0 amide bonds. The number of aromatic nitrogens is 3. The molecule has 7 heteroatoms. The van der Waals surface area contributed by atoms with E-state index in [2.05, 4.69) is 11.9 Å². The number of thioether (sulfide) groups is 1. The van der Waals surface area contributed by atoms with Gasteiger partial charge in [0.05, 0.1) is 5.39 Å². The van der Waals surface area contributed by atoms with Crippen molar-refractivity contribution < 1.29 is 4.39 Å². The van der Waals surface area contributed by atoms with Crippen LogP contribution in [0.4, 0.5) is 4.39 Å². The number of halogens is 1. The highest BCUT2D eigenvalue weighted by atomic mass is 32.2. The first-order valence-electron chi connectivity index (χ1n) is 8.38. The molecule has 3 aromatic rings. The van der Waals surface area contributed by atoms with Gasteiger partial charge in [0, 0.05) is 30.9 Å². The molecule has 0 atom stereocenters. The van der Waals surface area contributed by atoms with Crippen molar-refractivity contribution in [2.75, 3.05) is 0 Å².